The van der Waals surface area contributed by atoms with Gasteiger partial charge < -0.3 is 9.62 Å². The van der Waals surface area contributed by atoms with E-state index in [2.05, 4.69) is 238 Å². The third-order valence-electron chi connectivity index (χ3n) is 14.9. The Morgan fingerprint density at radius 2 is 0.683 bits per heavy atom. The van der Waals surface area contributed by atoms with Gasteiger partial charge in [0.2, 0.25) is 0 Å². The standard InChI is InChI=1S/C60H45BN2/c1-59(2)48-26-13-11-22-44(48)56-50(59)28-16-30-54(56)62-52-34-32-40(38-18-7-5-8-19-38)36-46(52)42-24-15-25-43-47-37-41(39-20-9-6-10-21-39)33-35-53(47)63(61(62)58(42)43)55-31-17-29-51-57(55)45-23-12-14-27-49(45)60(51,3)4/h5-37H,1-4H3. The summed E-state index contributed by atoms with van der Waals surface area (Å²) in [6, 6.07) is 75.4. The van der Waals surface area contributed by atoms with Crippen LogP contribution in [-0.2, 0) is 10.8 Å². The third-order valence-corrected chi connectivity index (χ3v) is 14.9. The Morgan fingerprint density at radius 1 is 0.302 bits per heavy atom. The minimum absolute atomic E-state index is 0.150. The maximum absolute atomic E-state index is 2.71. The van der Waals surface area contributed by atoms with Crippen LogP contribution >= 0.6 is 0 Å². The summed E-state index contributed by atoms with van der Waals surface area (Å²) in [6.45, 7) is 9.36. The summed E-state index contributed by atoms with van der Waals surface area (Å²) in [5, 5.41) is 0. The molecule has 63 heavy (non-hydrogen) atoms. The second-order valence-electron chi connectivity index (χ2n) is 18.8. The minimum atomic E-state index is -0.217. The van der Waals surface area contributed by atoms with Crippen LogP contribution in [0.1, 0.15) is 49.9 Å². The van der Waals surface area contributed by atoms with E-state index in [0.717, 1.165) is 0 Å². The fourth-order valence-corrected chi connectivity index (χ4v) is 11.9. The predicted octanol–water partition coefficient (Wildman–Crippen LogP) is 15.0. The van der Waals surface area contributed by atoms with Gasteiger partial charge in [-0.05, 0) is 109 Å². The first kappa shape index (κ1) is 36.3. The van der Waals surface area contributed by atoms with Crippen molar-refractivity contribution in [3.05, 3.63) is 222 Å². The molecule has 0 bridgehead atoms. The highest BCUT2D eigenvalue weighted by atomic mass is 15.2. The number of benzene rings is 9. The molecule has 298 valence electrons. The molecular formula is C60H45BN2. The summed E-state index contributed by atoms with van der Waals surface area (Å²) in [6.07, 6.45) is 0. The molecule has 4 aliphatic rings. The zero-order valence-corrected chi connectivity index (χ0v) is 36.0. The van der Waals surface area contributed by atoms with Crippen LogP contribution in [0.15, 0.2) is 200 Å². The van der Waals surface area contributed by atoms with E-state index in [0.29, 0.717) is 0 Å². The van der Waals surface area contributed by atoms with Crippen molar-refractivity contribution in [3.63, 3.8) is 0 Å². The monoisotopic (exact) mass is 804 g/mol. The van der Waals surface area contributed by atoms with Gasteiger partial charge in [0.25, 0.3) is 0 Å². The van der Waals surface area contributed by atoms with Crippen molar-refractivity contribution in [2.24, 2.45) is 0 Å². The van der Waals surface area contributed by atoms with Gasteiger partial charge in [0, 0.05) is 55.8 Å². The lowest BCUT2D eigenvalue weighted by molar-refractivity contribution is 0.660. The molecule has 9 aromatic carbocycles. The highest BCUT2D eigenvalue weighted by molar-refractivity contribution is 6.86. The molecule has 2 aliphatic heterocycles. The van der Waals surface area contributed by atoms with E-state index in [4.69, 9.17) is 0 Å². The maximum Gasteiger partial charge on any atom is 0.421 e. The van der Waals surface area contributed by atoms with Crippen LogP contribution in [0.4, 0.5) is 22.7 Å². The quantitative estimate of drug-likeness (QED) is 0.164. The van der Waals surface area contributed by atoms with Gasteiger partial charge in [-0.1, -0.05) is 191 Å². The number of nitrogens with zero attached hydrogens (tertiary/aromatic N) is 2. The molecule has 0 N–H and O–H groups in total. The summed E-state index contributed by atoms with van der Waals surface area (Å²) >= 11 is 0. The first-order valence-electron chi connectivity index (χ1n) is 22.4. The van der Waals surface area contributed by atoms with Crippen molar-refractivity contribution in [2.75, 3.05) is 9.62 Å². The van der Waals surface area contributed by atoms with Crippen molar-refractivity contribution in [3.8, 4) is 66.8 Å². The number of hydrogen-bond acceptors (Lipinski definition) is 2. The van der Waals surface area contributed by atoms with Crippen molar-refractivity contribution in [1.29, 1.82) is 0 Å². The van der Waals surface area contributed by atoms with Crippen molar-refractivity contribution >= 4 is 35.2 Å². The SMILES string of the molecule is CC1(C)c2ccccc2-c2c(N3B4c5c(cccc5-c5cc(-c6ccccc6)ccc5N4c4cccc5c4-c4ccccc4C5(C)C)-c4cc(-c5ccccc5)ccc43)cccc21. The van der Waals surface area contributed by atoms with Gasteiger partial charge in [-0.3, -0.25) is 0 Å². The Kier molecular flexibility index (Phi) is 7.54. The van der Waals surface area contributed by atoms with Crippen molar-refractivity contribution < 1.29 is 0 Å². The van der Waals surface area contributed by atoms with E-state index in [9.17, 15) is 0 Å². The molecule has 0 fully saturated rings. The smallest absolute Gasteiger partial charge is 0.361 e. The molecule has 3 heteroatoms. The van der Waals surface area contributed by atoms with Crippen LogP contribution in [0.5, 0.6) is 0 Å². The Labute approximate surface area is 370 Å². The fourth-order valence-electron chi connectivity index (χ4n) is 11.9. The normalized spacial score (nSPS) is 15.1. The molecule has 0 saturated heterocycles. The Balaban J connectivity index is 1.17. The molecule has 0 amide bonds. The van der Waals surface area contributed by atoms with Crippen LogP contribution in [0.25, 0.3) is 66.8 Å². The second-order valence-corrected chi connectivity index (χ2v) is 18.8. The Morgan fingerprint density at radius 3 is 1.14 bits per heavy atom. The molecule has 0 aromatic heterocycles. The fraction of sp³-hybridized carbons (Fsp3) is 0.100. The first-order valence-corrected chi connectivity index (χ1v) is 22.4. The maximum atomic E-state index is 2.71. The van der Waals surface area contributed by atoms with Gasteiger partial charge in [0.05, 0.1) is 0 Å². The average molecular weight is 805 g/mol. The first-order chi connectivity index (χ1) is 30.8. The highest BCUT2D eigenvalue weighted by Gasteiger charge is 2.50. The van der Waals surface area contributed by atoms with Gasteiger partial charge in [-0.25, -0.2) is 0 Å². The topological polar surface area (TPSA) is 6.48 Å². The largest absolute Gasteiger partial charge is 0.421 e. The van der Waals surface area contributed by atoms with E-state index in [1.165, 1.54) is 117 Å². The van der Waals surface area contributed by atoms with Crippen LogP contribution in [0.3, 0.4) is 0 Å². The minimum Gasteiger partial charge on any atom is -0.361 e. The van der Waals surface area contributed by atoms with Gasteiger partial charge >= 0.3 is 6.98 Å². The predicted molar refractivity (Wildman–Crippen MR) is 266 cm³/mol. The average Bonchev–Trinajstić information content (AvgIpc) is 3.72. The summed E-state index contributed by atoms with van der Waals surface area (Å²) in [5.41, 5.74) is 26.6. The lowest BCUT2D eigenvalue weighted by Crippen LogP contribution is -2.62. The van der Waals surface area contributed by atoms with Crippen LogP contribution in [0.2, 0.25) is 0 Å². The number of anilines is 4. The van der Waals surface area contributed by atoms with Gasteiger partial charge in [-0.15, -0.1) is 0 Å². The molecule has 2 aliphatic carbocycles. The van der Waals surface area contributed by atoms with Crippen LogP contribution < -0.4 is 15.1 Å². The third kappa shape index (κ3) is 4.97. The molecule has 0 atom stereocenters. The second kappa shape index (κ2) is 13.1. The van der Waals surface area contributed by atoms with Gasteiger partial charge in [0.15, 0.2) is 0 Å². The van der Waals surface area contributed by atoms with E-state index in [1.54, 1.807) is 0 Å². The van der Waals surface area contributed by atoms with Crippen LogP contribution in [0, 0.1) is 0 Å². The van der Waals surface area contributed by atoms with E-state index >= 15 is 0 Å². The zero-order chi connectivity index (χ0) is 42.2. The van der Waals surface area contributed by atoms with Gasteiger partial charge in [-0.2, -0.15) is 0 Å². The highest BCUT2D eigenvalue weighted by Crippen LogP contribution is 2.59. The van der Waals surface area contributed by atoms with E-state index in [1.807, 2.05) is 0 Å². The molecule has 0 saturated carbocycles. The molecule has 0 radical (unpaired) electrons. The lowest BCUT2D eigenvalue weighted by atomic mass is 9.53. The van der Waals surface area contributed by atoms with E-state index in [-0.39, 0.29) is 17.8 Å². The number of rotatable bonds is 4. The molecule has 0 spiro atoms. The molecule has 2 heterocycles. The molecule has 0 unspecified atom stereocenters. The molecular weight excluding hydrogens is 759 g/mol. The summed E-state index contributed by atoms with van der Waals surface area (Å²) in [5.74, 6) is 0. The van der Waals surface area contributed by atoms with Gasteiger partial charge in [0.1, 0.15) is 0 Å². The summed E-state index contributed by atoms with van der Waals surface area (Å²) in [4.78, 5) is 5.43. The molecule has 9 aromatic rings. The summed E-state index contributed by atoms with van der Waals surface area (Å²) in [7, 11) is 0. The molecule has 2 nitrogen and oxygen atoms in total. The Hall–Kier alpha value is -7.36. The van der Waals surface area contributed by atoms with Crippen molar-refractivity contribution in [2.45, 2.75) is 38.5 Å². The number of hydrogen-bond donors (Lipinski definition) is 0. The van der Waals surface area contributed by atoms with Crippen LogP contribution in [-0.4, -0.2) is 6.98 Å². The summed E-state index contributed by atoms with van der Waals surface area (Å²) < 4.78 is 0. The zero-order valence-electron chi connectivity index (χ0n) is 36.0. The number of fused-ring (bicyclic) bond motifs is 10. The molecule has 13 rings (SSSR count). The Bertz CT molecular complexity index is 3140. The lowest BCUT2D eigenvalue weighted by Gasteiger charge is -2.48. The van der Waals surface area contributed by atoms with Crippen molar-refractivity contribution in [1.82, 2.24) is 0 Å². The van der Waals surface area contributed by atoms with E-state index < -0.39 is 0 Å².